The first-order chi connectivity index (χ1) is 6.22. The Hall–Kier alpha value is -1.03. The molecule has 0 aromatic carbocycles. The van der Waals surface area contributed by atoms with Crippen LogP contribution < -0.4 is 4.74 Å². The Balaban J connectivity index is 2.83. The van der Waals surface area contributed by atoms with E-state index in [0.29, 0.717) is 0 Å². The highest BCUT2D eigenvalue weighted by molar-refractivity contribution is 9.10. The van der Waals surface area contributed by atoms with Crippen molar-refractivity contribution >= 4 is 21.4 Å². The van der Waals surface area contributed by atoms with Gasteiger partial charge in [0.05, 0.1) is 7.11 Å². The maximum absolute atomic E-state index is 5.21. The molecule has 0 spiro atoms. The van der Waals surface area contributed by atoms with Crippen molar-refractivity contribution < 1.29 is 4.74 Å². The SMILES string of the molecule is COc1ccc(C)n2nc(Br)cc12. The summed E-state index contributed by atoms with van der Waals surface area (Å²) in [6.07, 6.45) is 0. The average molecular weight is 241 g/mol. The van der Waals surface area contributed by atoms with E-state index >= 15 is 0 Å². The maximum atomic E-state index is 5.21. The second-order valence-corrected chi connectivity index (χ2v) is 3.62. The minimum Gasteiger partial charge on any atom is -0.494 e. The zero-order chi connectivity index (χ0) is 9.42. The summed E-state index contributed by atoms with van der Waals surface area (Å²) in [6, 6.07) is 5.86. The average Bonchev–Trinajstić information content (AvgIpc) is 2.48. The van der Waals surface area contributed by atoms with Crippen LogP contribution in [-0.2, 0) is 0 Å². The van der Waals surface area contributed by atoms with Gasteiger partial charge in [-0.05, 0) is 35.0 Å². The summed E-state index contributed by atoms with van der Waals surface area (Å²) in [4.78, 5) is 0. The first-order valence-electron chi connectivity index (χ1n) is 3.91. The molecule has 0 bridgehead atoms. The summed E-state index contributed by atoms with van der Waals surface area (Å²) in [7, 11) is 1.66. The Morgan fingerprint density at radius 2 is 2.23 bits per heavy atom. The van der Waals surface area contributed by atoms with Crippen molar-refractivity contribution in [1.29, 1.82) is 0 Å². The van der Waals surface area contributed by atoms with Crippen LogP contribution in [0.15, 0.2) is 22.8 Å². The molecule has 0 atom stereocenters. The van der Waals surface area contributed by atoms with Crippen molar-refractivity contribution in [3.63, 3.8) is 0 Å². The van der Waals surface area contributed by atoms with Gasteiger partial charge in [0.1, 0.15) is 15.9 Å². The molecule has 0 aliphatic rings. The summed E-state index contributed by atoms with van der Waals surface area (Å²) in [6.45, 7) is 2.01. The van der Waals surface area contributed by atoms with Gasteiger partial charge >= 0.3 is 0 Å². The Morgan fingerprint density at radius 3 is 2.92 bits per heavy atom. The molecule has 2 aromatic heterocycles. The molecule has 2 rings (SSSR count). The number of halogens is 1. The molecule has 2 aromatic rings. The van der Waals surface area contributed by atoms with Crippen LogP contribution in [0, 0.1) is 6.92 Å². The molecule has 0 fully saturated rings. The molecule has 3 nitrogen and oxygen atoms in total. The third-order valence-electron chi connectivity index (χ3n) is 1.96. The number of fused-ring (bicyclic) bond motifs is 1. The van der Waals surface area contributed by atoms with Crippen LogP contribution in [0.1, 0.15) is 5.69 Å². The molecule has 0 unspecified atom stereocenters. The molecule has 0 saturated heterocycles. The number of hydrogen-bond donors (Lipinski definition) is 0. The van der Waals surface area contributed by atoms with Crippen LogP contribution in [0.3, 0.4) is 0 Å². The lowest BCUT2D eigenvalue weighted by atomic mass is 10.3. The maximum Gasteiger partial charge on any atom is 0.144 e. The van der Waals surface area contributed by atoms with E-state index in [1.165, 1.54) is 0 Å². The van der Waals surface area contributed by atoms with Crippen molar-refractivity contribution in [2.24, 2.45) is 0 Å². The molecule has 4 heteroatoms. The van der Waals surface area contributed by atoms with E-state index in [9.17, 15) is 0 Å². The first kappa shape index (κ1) is 8.56. The van der Waals surface area contributed by atoms with Crippen molar-refractivity contribution in [3.05, 3.63) is 28.5 Å². The van der Waals surface area contributed by atoms with Gasteiger partial charge in [-0.3, -0.25) is 0 Å². The molecule has 13 heavy (non-hydrogen) atoms. The Morgan fingerprint density at radius 1 is 1.46 bits per heavy atom. The molecule has 0 N–H and O–H groups in total. The van der Waals surface area contributed by atoms with Gasteiger partial charge in [-0.1, -0.05) is 0 Å². The number of aromatic nitrogens is 2. The van der Waals surface area contributed by atoms with E-state index in [1.807, 2.05) is 29.6 Å². The van der Waals surface area contributed by atoms with Gasteiger partial charge in [0.2, 0.25) is 0 Å². The summed E-state index contributed by atoms with van der Waals surface area (Å²) in [5.74, 6) is 0.837. The number of aryl methyl sites for hydroxylation is 1. The highest BCUT2D eigenvalue weighted by Gasteiger charge is 2.06. The van der Waals surface area contributed by atoms with E-state index in [4.69, 9.17) is 4.74 Å². The second kappa shape index (κ2) is 3.03. The van der Waals surface area contributed by atoms with Crippen molar-refractivity contribution in [1.82, 2.24) is 9.61 Å². The lowest BCUT2D eigenvalue weighted by Crippen LogP contribution is -1.94. The Bertz CT molecular complexity index is 450. The predicted octanol–water partition coefficient (Wildman–Crippen LogP) is 2.41. The van der Waals surface area contributed by atoms with Gasteiger partial charge in [-0.2, -0.15) is 5.10 Å². The van der Waals surface area contributed by atoms with Crippen LogP contribution in [0.5, 0.6) is 5.75 Å². The minimum absolute atomic E-state index is 0.820. The standard InChI is InChI=1S/C9H9BrN2O/c1-6-3-4-8(13-2)7-5-9(10)11-12(6)7/h3-5H,1-2H3. The van der Waals surface area contributed by atoms with Gasteiger partial charge in [0.15, 0.2) is 0 Å². The topological polar surface area (TPSA) is 26.5 Å². The fourth-order valence-corrected chi connectivity index (χ4v) is 1.70. The number of methoxy groups -OCH3 is 1. The quantitative estimate of drug-likeness (QED) is 0.766. The van der Waals surface area contributed by atoms with Crippen molar-refractivity contribution in [3.8, 4) is 5.75 Å². The van der Waals surface area contributed by atoms with E-state index in [2.05, 4.69) is 21.0 Å². The second-order valence-electron chi connectivity index (χ2n) is 2.81. The first-order valence-corrected chi connectivity index (χ1v) is 4.70. The predicted molar refractivity (Wildman–Crippen MR) is 54.2 cm³/mol. The molecular formula is C9H9BrN2O. The van der Waals surface area contributed by atoms with Crippen LogP contribution in [0.25, 0.3) is 5.52 Å². The van der Waals surface area contributed by atoms with E-state index in [1.54, 1.807) is 7.11 Å². The van der Waals surface area contributed by atoms with E-state index < -0.39 is 0 Å². The van der Waals surface area contributed by atoms with Crippen LogP contribution >= 0.6 is 15.9 Å². The normalized spacial score (nSPS) is 10.7. The van der Waals surface area contributed by atoms with Crippen LogP contribution in [-0.4, -0.2) is 16.7 Å². The van der Waals surface area contributed by atoms with Crippen LogP contribution in [0.4, 0.5) is 0 Å². The highest BCUT2D eigenvalue weighted by Crippen LogP contribution is 2.23. The summed E-state index contributed by atoms with van der Waals surface area (Å²) in [5, 5.41) is 4.27. The largest absolute Gasteiger partial charge is 0.494 e. The van der Waals surface area contributed by atoms with Crippen LogP contribution in [0.2, 0.25) is 0 Å². The molecule has 0 aliphatic heterocycles. The van der Waals surface area contributed by atoms with Crippen molar-refractivity contribution in [2.45, 2.75) is 6.92 Å². The Kier molecular flexibility index (Phi) is 2.00. The summed E-state index contributed by atoms with van der Waals surface area (Å²) >= 11 is 3.33. The van der Waals surface area contributed by atoms with Crippen molar-refractivity contribution in [2.75, 3.05) is 7.11 Å². The van der Waals surface area contributed by atoms with E-state index in [-0.39, 0.29) is 0 Å². The summed E-state index contributed by atoms with van der Waals surface area (Å²) < 4.78 is 7.88. The highest BCUT2D eigenvalue weighted by atomic mass is 79.9. The van der Waals surface area contributed by atoms with Gasteiger partial charge in [-0.15, -0.1) is 0 Å². The minimum atomic E-state index is 0.820. The van der Waals surface area contributed by atoms with Gasteiger partial charge in [-0.25, -0.2) is 4.52 Å². The molecule has 0 radical (unpaired) electrons. The van der Waals surface area contributed by atoms with Gasteiger partial charge < -0.3 is 4.74 Å². The lowest BCUT2D eigenvalue weighted by Gasteiger charge is -2.03. The molecule has 0 amide bonds. The molecule has 2 heterocycles. The molecule has 0 saturated carbocycles. The molecule has 68 valence electrons. The summed E-state index contributed by atoms with van der Waals surface area (Å²) in [5.41, 5.74) is 2.07. The third kappa shape index (κ3) is 1.31. The Labute approximate surface area is 84.4 Å². The molecular weight excluding hydrogens is 232 g/mol. The number of rotatable bonds is 1. The van der Waals surface area contributed by atoms with E-state index in [0.717, 1.165) is 21.6 Å². The fraction of sp³-hybridized carbons (Fsp3) is 0.222. The monoisotopic (exact) mass is 240 g/mol. The third-order valence-corrected chi connectivity index (χ3v) is 2.35. The number of hydrogen-bond acceptors (Lipinski definition) is 2. The fourth-order valence-electron chi connectivity index (χ4n) is 1.32. The number of ether oxygens (including phenoxy) is 1. The number of nitrogens with zero attached hydrogens (tertiary/aromatic N) is 2. The smallest absolute Gasteiger partial charge is 0.144 e. The lowest BCUT2D eigenvalue weighted by molar-refractivity contribution is 0.417. The number of pyridine rings is 1. The van der Waals surface area contributed by atoms with Gasteiger partial charge in [0.25, 0.3) is 0 Å². The molecule has 0 aliphatic carbocycles. The van der Waals surface area contributed by atoms with Gasteiger partial charge in [0, 0.05) is 11.8 Å². The zero-order valence-electron chi connectivity index (χ0n) is 7.41. The zero-order valence-corrected chi connectivity index (χ0v) is 9.00.